The number of carbonyl (C=O) groups is 2. The molecule has 3 heterocycles. The number of para-hydroxylation sites is 1. The van der Waals surface area contributed by atoms with E-state index in [9.17, 15) is 9.59 Å². The Balaban J connectivity index is 1.63. The number of nitrogens with two attached hydrogens (primary N) is 1. The molecule has 0 fully saturated rings. The highest BCUT2D eigenvalue weighted by atomic mass is 35.5. The highest BCUT2D eigenvalue weighted by molar-refractivity contribution is 6.30. The maximum absolute atomic E-state index is 12.5. The SMILES string of the molecule is COc1cccc([C@H]2O[C@H](CCn3nnc(CC(=O)O)n3)c3ccc(C(N)=O)n3-c3ccc(Cl)cc32)c1OC. The number of fused-ring (bicyclic) bond motifs is 3. The van der Waals surface area contributed by atoms with E-state index in [-0.39, 0.29) is 24.5 Å². The average molecular weight is 553 g/mol. The second kappa shape index (κ2) is 10.8. The quantitative estimate of drug-likeness (QED) is 0.318. The molecule has 2 atom stereocenters. The standard InChI is InChI=1S/C26H25ClN6O6/c1-37-21-5-3-4-15(25(21)38-2)24-16-12-14(27)6-7-17(16)33-18(8-9-19(33)26(28)36)20(39-24)10-11-32-30-22(29-31-32)13-23(34)35/h3-9,12,20,24H,10-11,13H2,1-2H3,(H2,28,36)(H,34,35)/t20-,24-/m1/s1. The van der Waals surface area contributed by atoms with Gasteiger partial charge < -0.3 is 29.6 Å². The number of halogens is 1. The minimum absolute atomic E-state index is 0.102. The second-order valence-corrected chi connectivity index (χ2v) is 9.23. The summed E-state index contributed by atoms with van der Waals surface area (Å²) < 4.78 is 19.8. The number of nitrogens with zero attached hydrogens (tertiary/aromatic N) is 5. The van der Waals surface area contributed by atoms with Gasteiger partial charge in [0, 0.05) is 22.6 Å². The summed E-state index contributed by atoms with van der Waals surface area (Å²) in [6, 6.07) is 14.3. The van der Waals surface area contributed by atoms with Crippen molar-refractivity contribution >= 4 is 23.5 Å². The van der Waals surface area contributed by atoms with Gasteiger partial charge in [0.25, 0.3) is 5.91 Å². The molecule has 2 aromatic heterocycles. The van der Waals surface area contributed by atoms with Gasteiger partial charge >= 0.3 is 5.97 Å². The van der Waals surface area contributed by atoms with Crippen LogP contribution in [0.2, 0.25) is 5.02 Å². The molecular formula is C26H25ClN6O6. The molecule has 3 N–H and O–H groups in total. The van der Waals surface area contributed by atoms with Crippen LogP contribution in [-0.4, -0.2) is 56.0 Å². The molecule has 5 rings (SSSR count). The smallest absolute Gasteiger partial charge is 0.311 e. The van der Waals surface area contributed by atoms with E-state index in [2.05, 4.69) is 15.4 Å². The fourth-order valence-corrected chi connectivity index (χ4v) is 4.98. The number of tetrazole rings is 1. The van der Waals surface area contributed by atoms with Crippen LogP contribution in [0.5, 0.6) is 11.5 Å². The van der Waals surface area contributed by atoms with Crippen LogP contribution in [0.25, 0.3) is 5.69 Å². The molecule has 0 saturated heterocycles. The Morgan fingerprint density at radius 3 is 2.67 bits per heavy atom. The number of carboxylic acids is 1. The monoisotopic (exact) mass is 552 g/mol. The Morgan fingerprint density at radius 1 is 1.13 bits per heavy atom. The van der Waals surface area contributed by atoms with Crippen LogP contribution in [0, 0.1) is 0 Å². The maximum Gasteiger partial charge on any atom is 0.311 e. The minimum Gasteiger partial charge on any atom is -0.493 e. The molecule has 1 aliphatic rings. The lowest BCUT2D eigenvalue weighted by Gasteiger charge is -2.25. The molecule has 0 saturated carbocycles. The third-order valence-electron chi connectivity index (χ3n) is 6.42. The number of ether oxygens (including phenoxy) is 3. The lowest BCUT2D eigenvalue weighted by molar-refractivity contribution is -0.136. The molecule has 12 nitrogen and oxygen atoms in total. The van der Waals surface area contributed by atoms with Crippen molar-refractivity contribution < 1.29 is 28.9 Å². The van der Waals surface area contributed by atoms with Crippen molar-refractivity contribution in [2.75, 3.05) is 14.2 Å². The number of primary amides is 1. The molecule has 0 unspecified atom stereocenters. The van der Waals surface area contributed by atoms with Gasteiger partial charge in [0.15, 0.2) is 17.3 Å². The first-order valence-corrected chi connectivity index (χ1v) is 12.3. The number of carbonyl (C=O) groups excluding carboxylic acids is 1. The van der Waals surface area contributed by atoms with Gasteiger partial charge in [-0.25, -0.2) is 0 Å². The van der Waals surface area contributed by atoms with Crippen LogP contribution in [0.15, 0.2) is 48.5 Å². The van der Waals surface area contributed by atoms with Gasteiger partial charge in [-0.1, -0.05) is 23.7 Å². The van der Waals surface area contributed by atoms with Crippen LogP contribution in [0.1, 0.15) is 51.8 Å². The summed E-state index contributed by atoms with van der Waals surface area (Å²) in [5.41, 5.74) is 8.78. The summed E-state index contributed by atoms with van der Waals surface area (Å²) >= 11 is 6.45. The number of carboxylic acid groups (broad SMARTS) is 1. The fourth-order valence-electron chi connectivity index (χ4n) is 4.80. The fraction of sp³-hybridized carbons (Fsp3) is 0.269. The summed E-state index contributed by atoms with van der Waals surface area (Å²) in [5.74, 6) is -0.532. The molecule has 0 bridgehead atoms. The Kier molecular flexibility index (Phi) is 7.22. The molecule has 39 heavy (non-hydrogen) atoms. The van der Waals surface area contributed by atoms with Crippen LogP contribution < -0.4 is 15.2 Å². The molecule has 0 spiro atoms. The Morgan fingerprint density at radius 2 is 1.95 bits per heavy atom. The summed E-state index contributed by atoms with van der Waals surface area (Å²) in [6.07, 6.45) is -1.24. The third-order valence-corrected chi connectivity index (χ3v) is 6.65. The van der Waals surface area contributed by atoms with Gasteiger partial charge in [-0.15, -0.1) is 10.2 Å². The van der Waals surface area contributed by atoms with Crippen LogP contribution in [0.4, 0.5) is 0 Å². The zero-order valence-corrected chi connectivity index (χ0v) is 21.8. The van der Waals surface area contributed by atoms with E-state index in [0.29, 0.717) is 45.5 Å². The molecule has 2 aromatic carbocycles. The maximum atomic E-state index is 12.5. The molecule has 202 valence electrons. The highest BCUT2D eigenvalue weighted by Gasteiger charge is 2.34. The number of aryl methyl sites for hydroxylation is 1. The van der Waals surface area contributed by atoms with Crippen molar-refractivity contribution in [3.8, 4) is 17.2 Å². The number of amides is 1. The number of aliphatic carboxylic acids is 1. The summed E-state index contributed by atoms with van der Waals surface area (Å²) in [4.78, 5) is 24.8. The van der Waals surface area contributed by atoms with Gasteiger partial charge in [0.05, 0.1) is 32.1 Å². The summed E-state index contributed by atoms with van der Waals surface area (Å²) in [6.45, 7) is 0.257. The Hall–Kier alpha value is -4.42. The van der Waals surface area contributed by atoms with E-state index in [1.54, 1.807) is 49.1 Å². The first-order chi connectivity index (χ1) is 18.8. The normalized spacial score (nSPS) is 16.2. The van der Waals surface area contributed by atoms with Crippen LogP contribution in [-0.2, 0) is 22.5 Å². The predicted octanol–water partition coefficient (Wildman–Crippen LogP) is 3.11. The first kappa shape index (κ1) is 26.2. The first-order valence-electron chi connectivity index (χ1n) is 12.0. The van der Waals surface area contributed by atoms with E-state index in [1.807, 2.05) is 18.2 Å². The lowest BCUT2D eigenvalue weighted by atomic mass is 9.98. The largest absolute Gasteiger partial charge is 0.493 e. The van der Waals surface area contributed by atoms with E-state index < -0.39 is 24.1 Å². The van der Waals surface area contributed by atoms with Crippen molar-refractivity contribution in [3.05, 3.63) is 81.9 Å². The zero-order valence-electron chi connectivity index (χ0n) is 21.1. The number of rotatable bonds is 9. The molecule has 0 radical (unpaired) electrons. The Bertz CT molecular complexity index is 1550. The van der Waals surface area contributed by atoms with Gasteiger partial charge in [-0.3, -0.25) is 9.59 Å². The number of methoxy groups -OCH3 is 2. The molecule has 1 amide bonds. The van der Waals surface area contributed by atoms with Crippen molar-refractivity contribution in [1.29, 1.82) is 0 Å². The highest BCUT2D eigenvalue weighted by Crippen LogP contribution is 2.47. The predicted molar refractivity (Wildman–Crippen MR) is 138 cm³/mol. The molecule has 1 aliphatic heterocycles. The van der Waals surface area contributed by atoms with Gasteiger partial charge in [0.1, 0.15) is 24.3 Å². The molecular weight excluding hydrogens is 528 g/mol. The molecule has 13 heteroatoms. The van der Waals surface area contributed by atoms with Crippen LogP contribution >= 0.6 is 11.6 Å². The van der Waals surface area contributed by atoms with E-state index in [1.165, 1.54) is 4.80 Å². The zero-order chi connectivity index (χ0) is 27.7. The van der Waals surface area contributed by atoms with Gasteiger partial charge in [0.2, 0.25) is 0 Å². The van der Waals surface area contributed by atoms with Crippen molar-refractivity contribution in [2.45, 2.75) is 31.6 Å². The molecule has 4 aromatic rings. The molecule has 0 aliphatic carbocycles. The van der Waals surface area contributed by atoms with E-state index >= 15 is 0 Å². The lowest BCUT2D eigenvalue weighted by Crippen LogP contribution is -2.18. The van der Waals surface area contributed by atoms with E-state index in [4.69, 9.17) is 36.7 Å². The number of hydrogen-bond acceptors (Lipinski definition) is 8. The minimum atomic E-state index is -1.05. The van der Waals surface area contributed by atoms with E-state index in [0.717, 1.165) is 0 Å². The van der Waals surface area contributed by atoms with Crippen LogP contribution in [0.3, 0.4) is 0 Å². The second-order valence-electron chi connectivity index (χ2n) is 8.79. The number of aromatic nitrogens is 5. The van der Waals surface area contributed by atoms with Gasteiger partial charge in [-0.2, -0.15) is 4.80 Å². The number of benzene rings is 2. The Labute approximate surface area is 227 Å². The van der Waals surface area contributed by atoms with Crippen molar-refractivity contribution in [2.24, 2.45) is 5.73 Å². The summed E-state index contributed by atoms with van der Waals surface area (Å²) in [7, 11) is 3.10. The average Bonchev–Trinajstić information content (AvgIpc) is 3.52. The van der Waals surface area contributed by atoms with Crippen molar-refractivity contribution in [1.82, 2.24) is 24.8 Å². The summed E-state index contributed by atoms with van der Waals surface area (Å²) in [5, 5.41) is 21.4. The van der Waals surface area contributed by atoms with Gasteiger partial charge in [-0.05, 0) is 41.6 Å². The number of hydrogen-bond donors (Lipinski definition) is 2. The van der Waals surface area contributed by atoms with Crippen molar-refractivity contribution in [3.63, 3.8) is 0 Å². The third kappa shape index (κ3) is 5.03. The topological polar surface area (TPSA) is 157 Å².